The number of anilines is 1. The third-order valence-corrected chi connectivity index (χ3v) is 4.33. The van der Waals surface area contributed by atoms with Gasteiger partial charge in [0.25, 0.3) is 0 Å². The van der Waals surface area contributed by atoms with Crippen molar-refractivity contribution in [3.8, 4) is 11.4 Å². The number of halogens is 2. The molecule has 0 saturated heterocycles. The number of hydrogen-bond acceptors (Lipinski definition) is 2. The van der Waals surface area contributed by atoms with Gasteiger partial charge in [0.2, 0.25) is 0 Å². The van der Waals surface area contributed by atoms with Gasteiger partial charge in [0.1, 0.15) is 11.6 Å². The van der Waals surface area contributed by atoms with E-state index in [0.717, 1.165) is 28.3 Å². The van der Waals surface area contributed by atoms with E-state index in [0.29, 0.717) is 23.1 Å². The minimum atomic E-state index is -0.328. The number of benzene rings is 2. The molecule has 0 unspecified atom stereocenters. The minimum Gasteiger partial charge on any atom is -0.398 e. The van der Waals surface area contributed by atoms with Gasteiger partial charge in [-0.2, -0.15) is 0 Å². The molecule has 1 aliphatic carbocycles. The molecule has 2 aromatic carbocycles. The number of nitrogen functional groups attached to an aromatic ring is 1. The third-order valence-electron chi connectivity index (χ3n) is 3.83. The van der Waals surface area contributed by atoms with Crippen molar-refractivity contribution in [2.75, 3.05) is 5.73 Å². The number of imidazole rings is 1. The SMILES string of the molecule is Nc1cccc(F)c1-c1nc2cc(Br)ccc2n1C1CC1. The maximum absolute atomic E-state index is 14.3. The Morgan fingerprint density at radius 2 is 2.05 bits per heavy atom. The van der Waals surface area contributed by atoms with Gasteiger partial charge in [0.15, 0.2) is 0 Å². The molecule has 0 atom stereocenters. The van der Waals surface area contributed by atoms with E-state index >= 15 is 0 Å². The highest BCUT2D eigenvalue weighted by atomic mass is 79.9. The lowest BCUT2D eigenvalue weighted by Gasteiger charge is -2.10. The van der Waals surface area contributed by atoms with Gasteiger partial charge in [0, 0.05) is 16.2 Å². The molecule has 1 heterocycles. The topological polar surface area (TPSA) is 43.8 Å². The molecule has 1 saturated carbocycles. The molecule has 0 bridgehead atoms. The smallest absolute Gasteiger partial charge is 0.146 e. The summed E-state index contributed by atoms with van der Waals surface area (Å²) in [6, 6.07) is 11.1. The molecule has 5 heteroatoms. The highest BCUT2D eigenvalue weighted by molar-refractivity contribution is 9.10. The largest absolute Gasteiger partial charge is 0.398 e. The first kappa shape index (κ1) is 12.8. The zero-order valence-electron chi connectivity index (χ0n) is 11.2. The maximum atomic E-state index is 14.3. The van der Waals surface area contributed by atoms with Crippen molar-refractivity contribution in [3.63, 3.8) is 0 Å². The summed E-state index contributed by atoms with van der Waals surface area (Å²) >= 11 is 3.46. The van der Waals surface area contributed by atoms with E-state index in [4.69, 9.17) is 5.73 Å². The van der Waals surface area contributed by atoms with Crippen LogP contribution in [0.5, 0.6) is 0 Å². The second-order valence-electron chi connectivity index (χ2n) is 5.37. The fraction of sp³-hybridized carbons (Fsp3) is 0.188. The fourth-order valence-electron chi connectivity index (χ4n) is 2.73. The van der Waals surface area contributed by atoms with Crippen molar-refractivity contribution >= 4 is 32.7 Å². The van der Waals surface area contributed by atoms with Gasteiger partial charge in [-0.05, 0) is 43.2 Å². The van der Waals surface area contributed by atoms with Gasteiger partial charge in [-0.25, -0.2) is 9.37 Å². The molecule has 4 rings (SSSR count). The lowest BCUT2D eigenvalue weighted by Crippen LogP contribution is -2.02. The fourth-order valence-corrected chi connectivity index (χ4v) is 3.08. The van der Waals surface area contributed by atoms with Gasteiger partial charge in [-0.1, -0.05) is 22.0 Å². The van der Waals surface area contributed by atoms with Gasteiger partial charge in [0.05, 0.1) is 16.6 Å². The Morgan fingerprint density at radius 3 is 2.76 bits per heavy atom. The molecule has 1 aliphatic rings. The summed E-state index contributed by atoms with van der Waals surface area (Å²) in [5.74, 6) is 0.299. The maximum Gasteiger partial charge on any atom is 0.146 e. The Kier molecular flexibility index (Phi) is 2.79. The summed E-state index contributed by atoms with van der Waals surface area (Å²) in [4.78, 5) is 4.64. The van der Waals surface area contributed by atoms with Crippen LogP contribution in [0.4, 0.5) is 10.1 Å². The Morgan fingerprint density at radius 1 is 1.24 bits per heavy atom. The highest BCUT2D eigenvalue weighted by Crippen LogP contribution is 2.43. The summed E-state index contributed by atoms with van der Waals surface area (Å²) in [7, 11) is 0. The molecule has 106 valence electrons. The van der Waals surface area contributed by atoms with Crippen LogP contribution in [0.1, 0.15) is 18.9 Å². The van der Waals surface area contributed by atoms with Crippen LogP contribution in [-0.4, -0.2) is 9.55 Å². The predicted molar refractivity (Wildman–Crippen MR) is 85.5 cm³/mol. The van der Waals surface area contributed by atoms with Crippen LogP contribution in [0.2, 0.25) is 0 Å². The van der Waals surface area contributed by atoms with Gasteiger partial charge in [-0.3, -0.25) is 0 Å². The van der Waals surface area contributed by atoms with Gasteiger partial charge < -0.3 is 10.3 Å². The lowest BCUT2D eigenvalue weighted by atomic mass is 10.1. The Hall–Kier alpha value is -1.88. The minimum absolute atomic E-state index is 0.328. The van der Waals surface area contributed by atoms with E-state index in [2.05, 4.69) is 25.5 Å². The summed E-state index contributed by atoms with van der Waals surface area (Å²) in [5.41, 5.74) is 8.70. The van der Waals surface area contributed by atoms with Crippen LogP contribution in [0.3, 0.4) is 0 Å². The average molecular weight is 346 g/mol. The molecule has 1 aromatic heterocycles. The lowest BCUT2D eigenvalue weighted by molar-refractivity contribution is 0.628. The van der Waals surface area contributed by atoms with Crippen LogP contribution < -0.4 is 5.73 Å². The molecule has 0 spiro atoms. The number of rotatable bonds is 2. The molecule has 0 amide bonds. The van der Waals surface area contributed by atoms with Crippen molar-refractivity contribution in [2.45, 2.75) is 18.9 Å². The Bertz CT molecular complexity index is 832. The number of aromatic nitrogens is 2. The Labute approximate surface area is 129 Å². The van der Waals surface area contributed by atoms with Crippen molar-refractivity contribution in [1.29, 1.82) is 0 Å². The number of nitrogens with two attached hydrogens (primary N) is 1. The van der Waals surface area contributed by atoms with Crippen LogP contribution in [0, 0.1) is 5.82 Å². The van der Waals surface area contributed by atoms with E-state index in [9.17, 15) is 4.39 Å². The quantitative estimate of drug-likeness (QED) is 0.693. The number of hydrogen-bond donors (Lipinski definition) is 1. The van der Waals surface area contributed by atoms with E-state index in [1.807, 2.05) is 18.2 Å². The molecular weight excluding hydrogens is 333 g/mol. The monoisotopic (exact) mass is 345 g/mol. The normalized spacial score (nSPS) is 14.8. The third kappa shape index (κ3) is 2.03. The van der Waals surface area contributed by atoms with Crippen molar-refractivity contribution in [3.05, 3.63) is 46.7 Å². The van der Waals surface area contributed by atoms with Gasteiger partial charge in [-0.15, -0.1) is 0 Å². The first-order valence-corrected chi connectivity index (χ1v) is 7.66. The molecule has 1 fully saturated rings. The molecule has 0 aliphatic heterocycles. The van der Waals surface area contributed by atoms with Crippen LogP contribution >= 0.6 is 15.9 Å². The van der Waals surface area contributed by atoms with Crippen molar-refractivity contribution in [1.82, 2.24) is 9.55 Å². The molecular formula is C16H13BrFN3. The summed E-state index contributed by atoms with van der Waals surface area (Å²) in [5, 5.41) is 0. The van der Waals surface area contributed by atoms with E-state index in [1.54, 1.807) is 12.1 Å². The first-order chi connectivity index (χ1) is 10.1. The van der Waals surface area contributed by atoms with Crippen LogP contribution in [-0.2, 0) is 0 Å². The van der Waals surface area contributed by atoms with Gasteiger partial charge >= 0.3 is 0 Å². The molecule has 3 nitrogen and oxygen atoms in total. The first-order valence-electron chi connectivity index (χ1n) is 6.87. The zero-order chi connectivity index (χ0) is 14.6. The predicted octanol–water partition coefficient (Wildman–Crippen LogP) is 4.52. The molecule has 21 heavy (non-hydrogen) atoms. The standard InChI is InChI=1S/C16H13BrFN3/c17-9-4-7-14-13(8-9)20-16(21(14)10-5-6-10)15-11(18)2-1-3-12(15)19/h1-4,7-8,10H,5-6,19H2. The summed E-state index contributed by atoms with van der Waals surface area (Å²) in [6.45, 7) is 0. The summed E-state index contributed by atoms with van der Waals surface area (Å²) in [6.07, 6.45) is 2.20. The Balaban J connectivity index is 2.06. The highest BCUT2D eigenvalue weighted by Gasteiger charge is 2.30. The molecule has 2 N–H and O–H groups in total. The van der Waals surface area contributed by atoms with E-state index in [1.165, 1.54) is 6.07 Å². The van der Waals surface area contributed by atoms with Crippen molar-refractivity contribution in [2.24, 2.45) is 0 Å². The van der Waals surface area contributed by atoms with Crippen LogP contribution in [0.25, 0.3) is 22.4 Å². The van der Waals surface area contributed by atoms with Crippen molar-refractivity contribution < 1.29 is 4.39 Å². The molecule has 0 radical (unpaired) electrons. The number of fused-ring (bicyclic) bond motifs is 1. The molecule has 3 aromatic rings. The zero-order valence-corrected chi connectivity index (χ0v) is 12.8. The van der Waals surface area contributed by atoms with E-state index < -0.39 is 0 Å². The summed E-state index contributed by atoms with van der Waals surface area (Å²) < 4.78 is 17.3. The van der Waals surface area contributed by atoms with Crippen LogP contribution in [0.15, 0.2) is 40.9 Å². The second kappa shape index (κ2) is 4.56. The second-order valence-corrected chi connectivity index (χ2v) is 6.29. The van der Waals surface area contributed by atoms with E-state index in [-0.39, 0.29) is 5.82 Å². The average Bonchev–Trinajstić information content (AvgIpc) is 3.20. The number of nitrogens with zero attached hydrogens (tertiary/aromatic N) is 2.